The Morgan fingerprint density at radius 1 is 0.929 bits per heavy atom. The summed E-state index contributed by atoms with van der Waals surface area (Å²) < 4.78 is 31.3. The summed E-state index contributed by atoms with van der Waals surface area (Å²) in [7, 11) is 0. The van der Waals surface area contributed by atoms with Crippen LogP contribution >= 0.6 is 0 Å². The number of piperidine rings is 2. The van der Waals surface area contributed by atoms with Crippen LogP contribution in [0.3, 0.4) is 0 Å². The summed E-state index contributed by atoms with van der Waals surface area (Å²) in [4.78, 5) is 55.6. The van der Waals surface area contributed by atoms with Crippen molar-refractivity contribution >= 4 is 23.9 Å². The molecule has 3 saturated heterocycles. The van der Waals surface area contributed by atoms with Crippen molar-refractivity contribution in [2.75, 3.05) is 13.1 Å². The first kappa shape index (κ1) is 41.7. The Morgan fingerprint density at radius 3 is 2.14 bits per heavy atom. The lowest BCUT2D eigenvalue weighted by Crippen LogP contribution is -2.78. The zero-order valence-corrected chi connectivity index (χ0v) is 34.2. The van der Waals surface area contributed by atoms with E-state index in [0.29, 0.717) is 31.8 Å². The van der Waals surface area contributed by atoms with Crippen LogP contribution < -0.4 is 0 Å². The number of aliphatic hydroxyl groups excluding tert-OH is 1. The summed E-state index contributed by atoms with van der Waals surface area (Å²) in [6.07, 6.45) is -5.31. The molecule has 0 radical (unpaired) electrons. The fourth-order valence-corrected chi connectivity index (χ4v) is 13.1. The Bertz CT molecular complexity index is 1620. The number of ether oxygens (including phenoxy) is 5. The van der Waals surface area contributed by atoms with E-state index in [1.807, 2.05) is 13.8 Å². The topological polar surface area (TPSA) is 219 Å². The van der Waals surface area contributed by atoms with Crippen LogP contribution in [0.5, 0.6) is 0 Å². The molecule has 4 aliphatic carbocycles. The lowest BCUT2D eigenvalue weighted by Gasteiger charge is -2.64. The van der Waals surface area contributed by atoms with Crippen molar-refractivity contribution < 1.29 is 68.4 Å². The van der Waals surface area contributed by atoms with Crippen LogP contribution in [0.25, 0.3) is 0 Å². The van der Waals surface area contributed by atoms with Crippen LogP contribution in [0.15, 0.2) is 0 Å². The smallest absolute Gasteiger partial charge is 0.338 e. The third-order valence-electron chi connectivity index (χ3n) is 16.0. The monoisotopic (exact) mass is 793 g/mol. The average Bonchev–Trinajstić information content (AvgIpc) is 3.40. The standard InChI is InChI=1S/C41H63NO14/c1-10-20(4)34(46)55-33-28(45)27-23(18-42-17-19(3)12-13-25(42)38(27,9)49)24-16-39-32(40(24,33)50)30(53-22(6)44)29(52-21(5)43)31-36(39,7)15-14-26(41(31,51)56-39)54-35(47)37(8,48)11-2/h19-20,23-33,45,48-51H,10-18H2,1-9H3/t19-,20+,23-,24-,25-,26-,27+,28+,29-,30+,31+,32+,33-,36-,37-,38+,39+,40-,41-/m0/s1. The minimum atomic E-state index is -2.38. The Labute approximate surface area is 328 Å². The predicted molar refractivity (Wildman–Crippen MR) is 195 cm³/mol. The maximum atomic E-state index is 13.9. The number of fused-ring (bicyclic) bond motifs is 5. The van der Waals surface area contributed by atoms with E-state index in [0.717, 1.165) is 6.42 Å². The molecule has 0 amide bonds. The molecule has 7 fully saturated rings. The molecule has 5 N–H and O–H groups in total. The highest BCUT2D eigenvalue weighted by atomic mass is 16.7. The largest absolute Gasteiger partial charge is 0.458 e. The number of esters is 4. The number of hydrogen-bond donors (Lipinski definition) is 5. The van der Waals surface area contributed by atoms with E-state index < -0.39 is 124 Å². The molecular weight excluding hydrogens is 730 g/mol. The van der Waals surface area contributed by atoms with Crippen molar-refractivity contribution in [1.29, 1.82) is 0 Å². The highest BCUT2D eigenvalue weighted by molar-refractivity contribution is 5.79. The third kappa shape index (κ3) is 5.60. The van der Waals surface area contributed by atoms with Crippen molar-refractivity contribution in [3.05, 3.63) is 0 Å². The Morgan fingerprint density at radius 2 is 1.55 bits per heavy atom. The summed E-state index contributed by atoms with van der Waals surface area (Å²) in [5.41, 5.74) is -8.37. The van der Waals surface area contributed by atoms with Crippen molar-refractivity contribution in [3.63, 3.8) is 0 Å². The normalized spacial score (nSPS) is 50.5. The number of carbonyl (C=O) groups excluding carboxylic acids is 4. The Hall–Kier alpha value is -2.40. The first-order chi connectivity index (χ1) is 26.0. The van der Waals surface area contributed by atoms with Gasteiger partial charge in [-0.1, -0.05) is 34.6 Å². The fraction of sp³-hybridized carbons (Fsp3) is 0.902. The molecule has 15 heteroatoms. The molecule has 19 atom stereocenters. The van der Waals surface area contributed by atoms with Gasteiger partial charge in [-0.15, -0.1) is 0 Å². The first-order valence-electron chi connectivity index (χ1n) is 20.7. The molecule has 316 valence electrons. The van der Waals surface area contributed by atoms with Crippen LogP contribution in [-0.4, -0.2) is 132 Å². The highest BCUT2D eigenvalue weighted by Gasteiger charge is 2.90. The molecule has 56 heavy (non-hydrogen) atoms. The Kier molecular flexibility index (Phi) is 10.1. The second-order valence-electron chi connectivity index (χ2n) is 19.2. The van der Waals surface area contributed by atoms with Crippen LogP contribution in [0.4, 0.5) is 0 Å². The first-order valence-corrected chi connectivity index (χ1v) is 20.7. The van der Waals surface area contributed by atoms with Crippen LogP contribution in [0, 0.1) is 46.8 Å². The van der Waals surface area contributed by atoms with Gasteiger partial charge in [-0.2, -0.15) is 0 Å². The molecule has 4 saturated carbocycles. The van der Waals surface area contributed by atoms with Crippen molar-refractivity contribution in [1.82, 2.24) is 4.90 Å². The van der Waals surface area contributed by atoms with Gasteiger partial charge in [0.1, 0.15) is 17.8 Å². The molecule has 4 bridgehead atoms. The minimum absolute atomic E-state index is 0.0107. The van der Waals surface area contributed by atoms with Gasteiger partial charge in [-0.25, -0.2) is 4.79 Å². The van der Waals surface area contributed by atoms with E-state index in [4.69, 9.17) is 23.7 Å². The lowest BCUT2D eigenvalue weighted by molar-refractivity contribution is -0.301. The molecule has 7 rings (SSSR count). The van der Waals surface area contributed by atoms with Crippen molar-refractivity contribution in [3.8, 4) is 0 Å². The number of rotatable bonds is 8. The summed E-state index contributed by atoms with van der Waals surface area (Å²) in [5, 5.41) is 62.9. The van der Waals surface area contributed by atoms with Gasteiger partial charge in [0, 0.05) is 44.3 Å². The lowest BCUT2D eigenvalue weighted by atomic mass is 9.48. The molecule has 1 spiro atoms. The molecular formula is C41H63NO14. The van der Waals surface area contributed by atoms with E-state index in [9.17, 15) is 44.7 Å². The van der Waals surface area contributed by atoms with Crippen LogP contribution in [-0.2, 0) is 42.9 Å². The van der Waals surface area contributed by atoms with E-state index in [1.54, 1.807) is 20.8 Å². The van der Waals surface area contributed by atoms with Crippen LogP contribution in [0.1, 0.15) is 107 Å². The second-order valence-corrected chi connectivity index (χ2v) is 19.2. The molecule has 3 aliphatic heterocycles. The second kappa shape index (κ2) is 13.6. The van der Waals surface area contributed by atoms with Gasteiger partial charge in [0.25, 0.3) is 0 Å². The highest BCUT2D eigenvalue weighted by Crippen LogP contribution is 2.78. The maximum Gasteiger partial charge on any atom is 0.338 e. The molecule has 7 aliphatic rings. The van der Waals surface area contributed by atoms with Crippen LogP contribution in [0.2, 0.25) is 0 Å². The average molecular weight is 794 g/mol. The number of carbonyl (C=O) groups is 4. The summed E-state index contributed by atoms with van der Waals surface area (Å²) in [6, 6.07) is -0.309. The quantitative estimate of drug-likeness (QED) is 0.174. The minimum Gasteiger partial charge on any atom is -0.458 e. The van der Waals surface area contributed by atoms with Gasteiger partial charge in [0.05, 0.1) is 35.1 Å². The Balaban J connectivity index is 1.45. The molecule has 0 unspecified atom stereocenters. The van der Waals surface area contributed by atoms with E-state index in [-0.39, 0.29) is 31.7 Å². The van der Waals surface area contributed by atoms with E-state index >= 15 is 0 Å². The van der Waals surface area contributed by atoms with Crippen molar-refractivity contribution in [2.24, 2.45) is 46.8 Å². The zero-order valence-electron chi connectivity index (χ0n) is 34.2. The van der Waals surface area contributed by atoms with Gasteiger partial charge < -0.3 is 49.2 Å². The summed E-state index contributed by atoms with van der Waals surface area (Å²) >= 11 is 0. The number of hydrogen-bond acceptors (Lipinski definition) is 15. The number of nitrogens with zero attached hydrogens (tertiary/aromatic N) is 1. The van der Waals surface area contributed by atoms with Gasteiger partial charge in [-0.3, -0.25) is 19.3 Å². The van der Waals surface area contributed by atoms with Gasteiger partial charge in [0.2, 0.25) is 5.79 Å². The molecule has 15 nitrogen and oxygen atoms in total. The fourth-order valence-electron chi connectivity index (χ4n) is 13.1. The molecule has 0 aromatic carbocycles. The predicted octanol–water partition coefficient (Wildman–Crippen LogP) is 1.61. The summed E-state index contributed by atoms with van der Waals surface area (Å²) in [6.45, 7) is 15.5. The molecule has 0 aromatic heterocycles. The molecule has 0 aromatic rings. The van der Waals surface area contributed by atoms with E-state index in [1.165, 1.54) is 20.8 Å². The van der Waals surface area contributed by atoms with Gasteiger partial charge in [-0.05, 0) is 76.5 Å². The van der Waals surface area contributed by atoms with Gasteiger partial charge in [0.15, 0.2) is 17.8 Å². The number of aliphatic hydroxyl groups is 5. The van der Waals surface area contributed by atoms with Gasteiger partial charge >= 0.3 is 23.9 Å². The summed E-state index contributed by atoms with van der Waals surface area (Å²) in [5.74, 6) is -10.8. The van der Waals surface area contributed by atoms with E-state index in [2.05, 4.69) is 11.8 Å². The van der Waals surface area contributed by atoms with Crippen molar-refractivity contribution in [2.45, 2.75) is 172 Å². The third-order valence-corrected chi connectivity index (χ3v) is 16.0. The molecule has 3 heterocycles. The SMILES string of the molecule is CC[C@@H](C)C(=O)O[C@H]1[C@H](O)[C@H]2[C@@H](CN3C[C@@H](C)CC[C@H]3[C@@]2(C)O)[C@@H]2C[C@]34O[C@@]5(O)[C@@H](OC(=O)[C@@](C)(O)CC)CC[C@@]3(C)[C@H]5[C@@H](OC(C)=O)[C@@H](OC(C)=O)[C@H]4[C@@]21O. The maximum absolute atomic E-state index is 13.9. The zero-order chi connectivity index (χ0) is 41.3.